The van der Waals surface area contributed by atoms with Crippen molar-refractivity contribution in [2.24, 2.45) is 0 Å². The van der Waals surface area contributed by atoms with E-state index in [1.165, 1.54) is 6.07 Å². The van der Waals surface area contributed by atoms with Gasteiger partial charge >= 0.3 is 0 Å². The molecule has 20 heavy (non-hydrogen) atoms. The molecule has 0 aliphatic carbocycles. The van der Waals surface area contributed by atoms with Crippen LogP contribution in [0, 0.1) is 5.82 Å². The third-order valence-electron chi connectivity index (χ3n) is 3.00. The standard InChI is InChI=1S/C14H12ClFN4/c1-20(2)11-7-6-10-14(18-11)19-13(17-10)8-4-3-5-9(15)12(8)16/h3-7H,1-2H3,(H,17,18,19). The van der Waals surface area contributed by atoms with Gasteiger partial charge in [-0.25, -0.2) is 14.4 Å². The summed E-state index contributed by atoms with van der Waals surface area (Å²) in [6.07, 6.45) is 0. The Morgan fingerprint density at radius 2 is 1.95 bits per heavy atom. The van der Waals surface area contributed by atoms with E-state index in [1.807, 2.05) is 31.1 Å². The molecule has 4 nitrogen and oxygen atoms in total. The van der Waals surface area contributed by atoms with Gasteiger partial charge in [-0.2, -0.15) is 0 Å². The fourth-order valence-electron chi connectivity index (χ4n) is 1.95. The van der Waals surface area contributed by atoms with Crippen molar-refractivity contribution in [1.29, 1.82) is 0 Å². The van der Waals surface area contributed by atoms with Crippen LogP contribution >= 0.6 is 11.6 Å². The molecule has 2 aromatic heterocycles. The van der Waals surface area contributed by atoms with Crippen molar-refractivity contribution in [2.45, 2.75) is 0 Å². The van der Waals surface area contributed by atoms with E-state index in [-0.39, 0.29) is 5.02 Å². The molecule has 0 fully saturated rings. The van der Waals surface area contributed by atoms with E-state index in [2.05, 4.69) is 15.0 Å². The second-order valence-corrected chi connectivity index (χ2v) is 5.03. The van der Waals surface area contributed by atoms with Crippen LogP contribution in [0.1, 0.15) is 0 Å². The van der Waals surface area contributed by atoms with Crippen LogP contribution in [-0.2, 0) is 0 Å². The predicted molar refractivity (Wildman–Crippen MR) is 78.6 cm³/mol. The molecule has 1 N–H and O–H groups in total. The van der Waals surface area contributed by atoms with Gasteiger partial charge in [0, 0.05) is 14.1 Å². The third kappa shape index (κ3) is 2.10. The van der Waals surface area contributed by atoms with Crippen LogP contribution in [0.25, 0.3) is 22.6 Å². The van der Waals surface area contributed by atoms with Gasteiger partial charge in [0.15, 0.2) is 11.5 Å². The number of H-pyrrole nitrogens is 1. The molecule has 0 atom stereocenters. The van der Waals surface area contributed by atoms with Gasteiger partial charge < -0.3 is 9.88 Å². The summed E-state index contributed by atoms with van der Waals surface area (Å²) in [4.78, 5) is 13.7. The number of imidazole rings is 1. The number of pyridine rings is 1. The number of benzene rings is 1. The smallest absolute Gasteiger partial charge is 0.180 e. The van der Waals surface area contributed by atoms with E-state index in [1.54, 1.807) is 12.1 Å². The Labute approximate surface area is 120 Å². The van der Waals surface area contributed by atoms with Crippen molar-refractivity contribution in [1.82, 2.24) is 15.0 Å². The van der Waals surface area contributed by atoms with Gasteiger partial charge in [-0.15, -0.1) is 0 Å². The highest BCUT2D eigenvalue weighted by atomic mass is 35.5. The number of nitrogens with one attached hydrogen (secondary N) is 1. The first-order valence-electron chi connectivity index (χ1n) is 6.05. The Morgan fingerprint density at radius 1 is 1.15 bits per heavy atom. The van der Waals surface area contributed by atoms with Gasteiger partial charge in [-0.3, -0.25) is 0 Å². The number of anilines is 1. The average molecular weight is 291 g/mol. The molecule has 0 saturated carbocycles. The SMILES string of the molecule is CN(C)c1ccc2[nH]c(-c3cccc(Cl)c3F)nc2n1. The summed E-state index contributed by atoms with van der Waals surface area (Å²) in [7, 11) is 3.80. The minimum Gasteiger partial charge on any atom is -0.363 e. The van der Waals surface area contributed by atoms with E-state index in [0.29, 0.717) is 17.0 Å². The first kappa shape index (κ1) is 12.9. The fraction of sp³-hybridized carbons (Fsp3) is 0.143. The van der Waals surface area contributed by atoms with E-state index >= 15 is 0 Å². The summed E-state index contributed by atoms with van der Waals surface area (Å²) in [5.74, 6) is 0.728. The van der Waals surface area contributed by atoms with Gasteiger partial charge in [-0.1, -0.05) is 17.7 Å². The minimum absolute atomic E-state index is 0.0740. The molecular weight excluding hydrogens is 279 g/mol. The lowest BCUT2D eigenvalue weighted by Gasteiger charge is -2.09. The van der Waals surface area contributed by atoms with Crippen LogP contribution in [0.5, 0.6) is 0 Å². The van der Waals surface area contributed by atoms with Crippen molar-refractivity contribution >= 4 is 28.6 Å². The number of hydrogen-bond donors (Lipinski definition) is 1. The number of aromatic nitrogens is 3. The van der Waals surface area contributed by atoms with Crippen molar-refractivity contribution in [3.05, 3.63) is 41.2 Å². The Bertz CT molecular complexity index is 782. The minimum atomic E-state index is -0.485. The largest absolute Gasteiger partial charge is 0.363 e. The summed E-state index contributed by atoms with van der Waals surface area (Å²) >= 11 is 5.79. The topological polar surface area (TPSA) is 44.8 Å². The average Bonchev–Trinajstić information content (AvgIpc) is 2.84. The zero-order valence-electron chi connectivity index (χ0n) is 11.0. The first-order chi connectivity index (χ1) is 9.56. The highest BCUT2D eigenvalue weighted by Gasteiger charge is 2.13. The van der Waals surface area contributed by atoms with Gasteiger partial charge in [-0.05, 0) is 24.3 Å². The van der Waals surface area contributed by atoms with Gasteiger partial charge in [0.05, 0.1) is 16.1 Å². The van der Waals surface area contributed by atoms with E-state index in [9.17, 15) is 4.39 Å². The van der Waals surface area contributed by atoms with Crippen molar-refractivity contribution in [3.63, 3.8) is 0 Å². The quantitative estimate of drug-likeness (QED) is 0.786. The van der Waals surface area contributed by atoms with Crippen molar-refractivity contribution in [3.8, 4) is 11.4 Å². The molecule has 6 heteroatoms. The molecule has 3 aromatic rings. The van der Waals surface area contributed by atoms with Crippen LogP contribution in [0.15, 0.2) is 30.3 Å². The first-order valence-corrected chi connectivity index (χ1v) is 6.42. The number of hydrogen-bond acceptors (Lipinski definition) is 3. The molecule has 0 bridgehead atoms. The molecule has 0 aliphatic rings. The zero-order valence-corrected chi connectivity index (χ0v) is 11.7. The Morgan fingerprint density at radius 3 is 2.70 bits per heavy atom. The second-order valence-electron chi connectivity index (χ2n) is 4.62. The molecule has 0 unspecified atom stereocenters. The molecule has 0 aliphatic heterocycles. The van der Waals surface area contributed by atoms with Gasteiger partial charge in [0.1, 0.15) is 11.6 Å². The Kier molecular flexibility index (Phi) is 3.06. The normalized spacial score (nSPS) is 11.0. The molecule has 3 rings (SSSR count). The van der Waals surface area contributed by atoms with Crippen molar-refractivity contribution < 1.29 is 4.39 Å². The number of aromatic amines is 1. The summed E-state index contributed by atoms with van der Waals surface area (Å²) in [5, 5.41) is 0.0740. The summed E-state index contributed by atoms with van der Waals surface area (Å²) < 4.78 is 14.0. The summed E-state index contributed by atoms with van der Waals surface area (Å²) in [5.41, 5.74) is 1.64. The monoisotopic (exact) mass is 290 g/mol. The van der Waals surface area contributed by atoms with Gasteiger partial charge in [0.2, 0.25) is 0 Å². The van der Waals surface area contributed by atoms with Crippen LogP contribution in [0.3, 0.4) is 0 Å². The lowest BCUT2D eigenvalue weighted by atomic mass is 10.2. The molecule has 0 saturated heterocycles. The maximum Gasteiger partial charge on any atom is 0.180 e. The molecule has 1 aromatic carbocycles. The molecule has 0 spiro atoms. The highest BCUT2D eigenvalue weighted by molar-refractivity contribution is 6.31. The Hall–Kier alpha value is -2.14. The highest BCUT2D eigenvalue weighted by Crippen LogP contribution is 2.27. The molecule has 2 heterocycles. The number of rotatable bonds is 2. The maximum absolute atomic E-state index is 14.0. The third-order valence-corrected chi connectivity index (χ3v) is 3.29. The molecular formula is C14H12ClFN4. The molecule has 0 amide bonds. The predicted octanol–water partition coefficient (Wildman–Crippen LogP) is 3.48. The van der Waals surface area contributed by atoms with E-state index in [4.69, 9.17) is 11.6 Å². The molecule has 102 valence electrons. The lowest BCUT2D eigenvalue weighted by molar-refractivity contribution is 0.630. The maximum atomic E-state index is 14.0. The van der Waals surface area contributed by atoms with Crippen molar-refractivity contribution in [2.75, 3.05) is 19.0 Å². The zero-order chi connectivity index (χ0) is 14.3. The second kappa shape index (κ2) is 4.76. The van der Waals surface area contributed by atoms with E-state index < -0.39 is 5.82 Å². The summed E-state index contributed by atoms with van der Waals surface area (Å²) in [6, 6.07) is 8.57. The summed E-state index contributed by atoms with van der Waals surface area (Å²) in [6.45, 7) is 0. The van der Waals surface area contributed by atoms with Crippen LogP contribution < -0.4 is 4.90 Å². The number of halogens is 2. The number of fused-ring (bicyclic) bond motifs is 1. The van der Waals surface area contributed by atoms with Gasteiger partial charge in [0.25, 0.3) is 0 Å². The lowest BCUT2D eigenvalue weighted by Crippen LogP contribution is -2.10. The van der Waals surface area contributed by atoms with Crippen LogP contribution in [-0.4, -0.2) is 29.0 Å². The number of nitrogens with zero attached hydrogens (tertiary/aromatic N) is 3. The molecule has 0 radical (unpaired) electrons. The van der Waals surface area contributed by atoms with Crippen LogP contribution in [0.2, 0.25) is 5.02 Å². The van der Waals surface area contributed by atoms with Crippen LogP contribution in [0.4, 0.5) is 10.2 Å². The van der Waals surface area contributed by atoms with E-state index in [0.717, 1.165) is 11.3 Å². The fourth-order valence-corrected chi connectivity index (χ4v) is 2.12. The Balaban J connectivity index is 2.15.